The molecule has 4 heteroatoms. The van der Waals surface area contributed by atoms with Crippen LogP contribution in [0.1, 0.15) is 60.6 Å². The SMILES string of the molecule is O=Cc1c(Br)noc1C1CCCCCC1. The number of carbonyl (C=O) groups is 1. The summed E-state index contributed by atoms with van der Waals surface area (Å²) in [7, 11) is 0. The quantitative estimate of drug-likeness (QED) is 0.609. The molecule has 1 aliphatic carbocycles. The Bertz CT molecular complexity index is 340. The highest BCUT2D eigenvalue weighted by Crippen LogP contribution is 2.34. The monoisotopic (exact) mass is 271 g/mol. The molecule has 1 saturated carbocycles. The first-order chi connectivity index (χ1) is 7.33. The topological polar surface area (TPSA) is 43.1 Å². The Labute approximate surface area is 97.3 Å². The molecule has 82 valence electrons. The number of halogens is 1. The summed E-state index contributed by atoms with van der Waals surface area (Å²) in [4.78, 5) is 10.9. The highest BCUT2D eigenvalue weighted by Gasteiger charge is 2.23. The maximum absolute atomic E-state index is 10.9. The van der Waals surface area contributed by atoms with Crippen LogP contribution in [0.2, 0.25) is 0 Å². The van der Waals surface area contributed by atoms with Crippen LogP contribution < -0.4 is 0 Å². The second-order valence-corrected chi connectivity index (χ2v) is 4.81. The second-order valence-electron chi connectivity index (χ2n) is 4.06. The smallest absolute Gasteiger partial charge is 0.160 e. The average Bonchev–Trinajstić information content (AvgIpc) is 2.48. The lowest BCUT2D eigenvalue weighted by Crippen LogP contribution is -1.99. The standard InChI is InChI=1S/C11H14BrNO2/c12-11-9(7-14)10(15-13-11)8-5-3-1-2-4-6-8/h7-8H,1-6H2. The maximum atomic E-state index is 10.9. The Morgan fingerprint density at radius 1 is 1.27 bits per heavy atom. The Balaban J connectivity index is 2.22. The molecule has 0 bridgehead atoms. The minimum absolute atomic E-state index is 0.381. The fraction of sp³-hybridized carbons (Fsp3) is 0.636. The third-order valence-electron chi connectivity index (χ3n) is 3.06. The summed E-state index contributed by atoms with van der Waals surface area (Å²) in [5, 5.41) is 3.80. The van der Waals surface area contributed by atoms with Crippen molar-refractivity contribution in [3.05, 3.63) is 15.9 Å². The van der Waals surface area contributed by atoms with E-state index in [1.165, 1.54) is 25.7 Å². The molecule has 0 radical (unpaired) electrons. The van der Waals surface area contributed by atoms with E-state index in [-0.39, 0.29) is 0 Å². The first-order valence-electron chi connectivity index (χ1n) is 5.43. The van der Waals surface area contributed by atoms with E-state index in [9.17, 15) is 4.79 Å². The van der Waals surface area contributed by atoms with Gasteiger partial charge in [-0.15, -0.1) is 0 Å². The van der Waals surface area contributed by atoms with Crippen molar-refractivity contribution < 1.29 is 9.32 Å². The molecule has 2 rings (SSSR count). The second kappa shape index (κ2) is 4.92. The van der Waals surface area contributed by atoms with E-state index in [1.807, 2.05) is 0 Å². The molecule has 1 fully saturated rings. The van der Waals surface area contributed by atoms with Crippen molar-refractivity contribution in [1.82, 2.24) is 5.16 Å². The Morgan fingerprint density at radius 2 is 1.93 bits per heavy atom. The van der Waals surface area contributed by atoms with Gasteiger partial charge in [-0.1, -0.05) is 30.8 Å². The van der Waals surface area contributed by atoms with Crippen LogP contribution in [0.5, 0.6) is 0 Å². The normalized spacial score (nSPS) is 18.7. The van der Waals surface area contributed by atoms with Gasteiger partial charge in [0.2, 0.25) is 0 Å². The maximum Gasteiger partial charge on any atom is 0.160 e. The summed E-state index contributed by atoms with van der Waals surface area (Å²) in [5.41, 5.74) is 0.599. The molecule has 0 saturated heterocycles. The number of aldehydes is 1. The molecule has 1 heterocycles. The van der Waals surface area contributed by atoms with Crippen molar-refractivity contribution in [3.8, 4) is 0 Å². The Kier molecular flexibility index (Phi) is 3.57. The van der Waals surface area contributed by atoms with E-state index in [4.69, 9.17) is 4.52 Å². The third-order valence-corrected chi connectivity index (χ3v) is 3.63. The zero-order valence-corrected chi connectivity index (χ0v) is 10.1. The van der Waals surface area contributed by atoms with Crippen LogP contribution in [-0.2, 0) is 0 Å². The minimum Gasteiger partial charge on any atom is -0.359 e. The van der Waals surface area contributed by atoms with Gasteiger partial charge in [0.05, 0.1) is 5.56 Å². The summed E-state index contributed by atoms with van der Waals surface area (Å²) in [6.45, 7) is 0. The van der Waals surface area contributed by atoms with Gasteiger partial charge >= 0.3 is 0 Å². The van der Waals surface area contributed by atoms with Gasteiger partial charge < -0.3 is 4.52 Å². The average molecular weight is 272 g/mol. The molecule has 0 N–H and O–H groups in total. The highest BCUT2D eigenvalue weighted by molar-refractivity contribution is 9.10. The molecule has 1 aromatic heterocycles. The molecule has 0 aliphatic heterocycles. The van der Waals surface area contributed by atoms with Crippen LogP contribution in [0, 0.1) is 0 Å². The van der Waals surface area contributed by atoms with Crippen molar-refractivity contribution >= 4 is 22.2 Å². The van der Waals surface area contributed by atoms with Crippen LogP contribution in [0.15, 0.2) is 9.13 Å². The van der Waals surface area contributed by atoms with Crippen molar-refractivity contribution in [1.29, 1.82) is 0 Å². The van der Waals surface area contributed by atoms with Gasteiger partial charge in [-0.3, -0.25) is 4.79 Å². The number of nitrogens with zero attached hydrogens (tertiary/aromatic N) is 1. The Hall–Kier alpha value is -0.640. The summed E-state index contributed by atoms with van der Waals surface area (Å²) < 4.78 is 5.79. The lowest BCUT2D eigenvalue weighted by molar-refractivity contribution is 0.112. The van der Waals surface area contributed by atoms with Gasteiger partial charge in [0, 0.05) is 5.92 Å². The molecule has 0 amide bonds. The fourth-order valence-electron chi connectivity index (χ4n) is 2.23. The summed E-state index contributed by atoms with van der Waals surface area (Å²) in [6.07, 6.45) is 8.10. The van der Waals surface area contributed by atoms with E-state index in [0.29, 0.717) is 16.1 Å². The largest absolute Gasteiger partial charge is 0.359 e. The first kappa shape index (κ1) is 10.9. The molecule has 0 aromatic carbocycles. The molecule has 15 heavy (non-hydrogen) atoms. The van der Waals surface area contributed by atoms with E-state index in [2.05, 4.69) is 21.1 Å². The Morgan fingerprint density at radius 3 is 2.53 bits per heavy atom. The number of carbonyl (C=O) groups excluding carboxylic acids is 1. The minimum atomic E-state index is 0.381. The van der Waals surface area contributed by atoms with Gasteiger partial charge in [-0.25, -0.2) is 0 Å². The molecule has 0 atom stereocenters. The van der Waals surface area contributed by atoms with Crippen LogP contribution in [-0.4, -0.2) is 11.4 Å². The molecular formula is C11H14BrNO2. The lowest BCUT2D eigenvalue weighted by Gasteiger charge is -2.09. The molecule has 3 nitrogen and oxygen atoms in total. The number of hydrogen-bond acceptors (Lipinski definition) is 3. The molecular weight excluding hydrogens is 258 g/mol. The molecule has 0 spiro atoms. The molecule has 1 aromatic rings. The molecule has 1 aliphatic rings. The number of aromatic nitrogens is 1. The van der Waals surface area contributed by atoms with Crippen LogP contribution in [0.25, 0.3) is 0 Å². The fourth-order valence-corrected chi connectivity index (χ4v) is 2.59. The van der Waals surface area contributed by atoms with E-state index in [1.54, 1.807) is 0 Å². The van der Waals surface area contributed by atoms with Gasteiger partial charge in [-0.2, -0.15) is 0 Å². The summed E-state index contributed by atoms with van der Waals surface area (Å²) in [6, 6.07) is 0. The number of rotatable bonds is 2. The van der Waals surface area contributed by atoms with E-state index >= 15 is 0 Å². The molecule has 0 unspecified atom stereocenters. The third kappa shape index (κ3) is 2.30. The van der Waals surface area contributed by atoms with E-state index in [0.717, 1.165) is 24.9 Å². The van der Waals surface area contributed by atoms with Crippen molar-refractivity contribution in [2.24, 2.45) is 0 Å². The van der Waals surface area contributed by atoms with E-state index < -0.39 is 0 Å². The van der Waals surface area contributed by atoms with Gasteiger partial charge in [-0.05, 0) is 28.8 Å². The lowest BCUT2D eigenvalue weighted by atomic mass is 9.95. The van der Waals surface area contributed by atoms with Crippen LogP contribution >= 0.6 is 15.9 Å². The van der Waals surface area contributed by atoms with Crippen molar-refractivity contribution in [3.63, 3.8) is 0 Å². The predicted octanol–water partition coefficient (Wildman–Crippen LogP) is 3.69. The van der Waals surface area contributed by atoms with Crippen molar-refractivity contribution in [2.75, 3.05) is 0 Å². The van der Waals surface area contributed by atoms with Gasteiger partial charge in [0.1, 0.15) is 0 Å². The van der Waals surface area contributed by atoms with Gasteiger partial charge in [0.15, 0.2) is 16.6 Å². The zero-order valence-electron chi connectivity index (χ0n) is 8.54. The van der Waals surface area contributed by atoms with Crippen LogP contribution in [0.3, 0.4) is 0 Å². The predicted molar refractivity (Wildman–Crippen MR) is 60.0 cm³/mol. The zero-order chi connectivity index (χ0) is 10.7. The van der Waals surface area contributed by atoms with Gasteiger partial charge in [0.25, 0.3) is 0 Å². The summed E-state index contributed by atoms with van der Waals surface area (Å²) >= 11 is 3.23. The van der Waals surface area contributed by atoms with Crippen molar-refractivity contribution in [2.45, 2.75) is 44.4 Å². The first-order valence-corrected chi connectivity index (χ1v) is 6.22. The summed E-state index contributed by atoms with van der Waals surface area (Å²) in [5.74, 6) is 1.16. The van der Waals surface area contributed by atoms with Crippen LogP contribution in [0.4, 0.5) is 0 Å². The number of hydrogen-bond donors (Lipinski definition) is 0. The highest BCUT2D eigenvalue weighted by atomic mass is 79.9.